The molecule has 2 N–H and O–H groups in total. The minimum absolute atomic E-state index is 0.0289. The molecule has 0 atom stereocenters. The highest BCUT2D eigenvalue weighted by molar-refractivity contribution is 9.10. The predicted molar refractivity (Wildman–Crippen MR) is 103 cm³/mol. The summed E-state index contributed by atoms with van der Waals surface area (Å²) in [6, 6.07) is 11.8. The topological polar surface area (TPSA) is 58.2 Å². The number of anilines is 1. The second-order valence-corrected chi connectivity index (χ2v) is 7.28. The van der Waals surface area contributed by atoms with E-state index in [0.29, 0.717) is 6.42 Å². The SMILES string of the molecule is Cc1cc(NC(=O)CNC(=O)Cc2ccc3c(c2)CCC3)ccc1Br. The number of hydrogen-bond acceptors (Lipinski definition) is 2. The second kappa shape index (κ2) is 7.83. The van der Waals surface area contributed by atoms with E-state index >= 15 is 0 Å². The Bertz CT molecular complexity index is 817. The molecular formula is C20H21BrN2O2. The molecule has 25 heavy (non-hydrogen) atoms. The molecular weight excluding hydrogens is 380 g/mol. The molecule has 2 aromatic rings. The number of rotatable bonds is 5. The van der Waals surface area contributed by atoms with Crippen LogP contribution in [0.3, 0.4) is 0 Å². The molecule has 1 aliphatic rings. The van der Waals surface area contributed by atoms with Crippen LogP contribution in [0.2, 0.25) is 0 Å². The zero-order valence-electron chi connectivity index (χ0n) is 14.2. The summed E-state index contributed by atoms with van der Waals surface area (Å²) in [6.45, 7) is 1.93. The van der Waals surface area contributed by atoms with Crippen LogP contribution in [0.4, 0.5) is 5.69 Å². The fourth-order valence-electron chi connectivity index (χ4n) is 3.09. The van der Waals surface area contributed by atoms with Gasteiger partial charge >= 0.3 is 0 Å². The third-order valence-corrected chi connectivity index (χ3v) is 5.31. The van der Waals surface area contributed by atoms with Gasteiger partial charge in [0.1, 0.15) is 0 Å². The van der Waals surface area contributed by atoms with Crippen LogP contribution < -0.4 is 10.6 Å². The fraction of sp³-hybridized carbons (Fsp3) is 0.300. The van der Waals surface area contributed by atoms with Crippen molar-refractivity contribution in [2.75, 3.05) is 11.9 Å². The molecule has 0 unspecified atom stereocenters. The molecule has 0 spiro atoms. The van der Waals surface area contributed by atoms with E-state index in [0.717, 1.165) is 34.1 Å². The zero-order chi connectivity index (χ0) is 17.8. The monoisotopic (exact) mass is 400 g/mol. The lowest BCUT2D eigenvalue weighted by molar-refractivity contribution is -0.123. The minimum atomic E-state index is -0.232. The number of carbonyl (C=O) groups excluding carboxylic acids is 2. The molecule has 0 aliphatic heterocycles. The van der Waals surface area contributed by atoms with Gasteiger partial charge in [-0.3, -0.25) is 9.59 Å². The van der Waals surface area contributed by atoms with Crippen molar-refractivity contribution in [3.63, 3.8) is 0 Å². The van der Waals surface area contributed by atoms with E-state index in [2.05, 4.69) is 38.7 Å². The van der Waals surface area contributed by atoms with Crippen LogP contribution in [0, 0.1) is 6.92 Å². The third kappa shape index (κ3) is 4.69. The van der Waals surface area contributed by atoms with Crippen LogP contribution in [0.5, 0.6) is 0 Å². The van der Waals surface area contributed by atoms with Crippen LogP contribution >= 0.6 is 15.9 Å². The number of amides is 2. The quantitative estimate of drug-likeness (QED) is 0.805. The molecule has 2 amide bonds. The Hall–Kier alpha value is -2.14. The molecule has 130 valence electrons. The smallest absolute Gasteiger partial charge is 0.243 e. The van der Waals surface area contributed by atoms with Crippen molar-refractivity contribution in [1.82, 2.24) is 5.32 Å². The van der Waals surface area contributed by atoms with Crippen LogP contribution in [0.25, 0.3) is 0 Å². The summed E-state index contributed by atoms with van der Waals surface area (Å²) in [7, 11) is 0. The van der Waals surface area contributed by atoms with Gasteiger partial charge in [0, 0.05) is 10.2 Å². The van der Waals surface area contributed by atoms with Gasteiger partial charge in [-0.1, -0.05) is 34.1 Å². The van der Waals surface area contributed by atoms with E-state index in [1.807, 2.05) is 31.2 Å². The molecule has 1 aliphatic carbocycles. The van der Waals surface area contributed by atoms with Gasteiger partial charge in [0.15, 0.2) is 0 Å². The number of nitrogens with one attached hydrogen (secondary N) is 2. The predicted octanol–water partition coefficient (Wildman–Crippen LogP) is 3.54. The van der Waals surface area contributed by atoms with Crippen LogP contribution in [0.1, 0.15) is 28.7 Å². The summed E-state index contributed by atoms with van der Waals surface area (Å²) in [4.78, 5) is 24.1. The average molecular weight is 401 g/mol. The van der Waals surface area contributed by atoms with E-state index in [-0.39, 0.29) is 18.4 Å². The first-order valence-electron chi connectivity index (χ1n) is 8.44. The first kappa shape index (κ1) is 17.7. The minimum Gasteiger partial charge on any atom is -0.347 e. The van der Waals surface area contributed by atoms with Crippen LogP contribution in [-0.2, 0) is 28.9 Å². The Balaban J connectivity index is 1.48. The fourth-order valence-corrected chi connectivity index (χ4v) is 3.34. The van der Waals surface area contributed by atoms with E-state index < -0.39 is 0 Å². The summed E-state index contributed by atoms with van der Waals surface area (Å²) in [6.07, 6.45) is 3.73. The highest BCUT2D eigenvalue weighted by Gasteiger charge is 2.13. The summed E-state index contributed by atoms with van der Waals surface area (Å²) >= 11 is 3.43. The number of fused-ring (bicyclic) bond motifs is 1. The maximum Gasteiger partial charge on any atom is 0.243 e. The van der Waals surface area contributed by atoms with Crippen molar-refractivity contribution in [2.24, 2.45) is 0 Å². The van der Waals surface area contributed by atoms with Crippen molar-refractivity contribution in [3.8, 4) is 0 Å². The standard InChI is InChI=1S/C20H21BrN2O2/c1-13-9-17(7-8-18(13)21)23-20(25)12-22-19(24)11-14-5-6-15-3-2-4-16(15)10-14/h5-10H,2-4,11-12H2,1H3,(H,22,24)(H,23,25). The molecule has 5 heteroatoms. The molecule has 0 heterocycles. The molecule has 0 fully saturated rings. The summed E-state index contributed by atoms with van der Waals surface area (Å²) < 4.78 is 0.994. The zero-order valence-corrected chi connectivity index (χ0v) is 15.8. The Kier molecular flexibility index (Phi) is 5.53. The molecule has 3 rings (SSSR count). The molecule has 0 saturated carbocycles. The van der Waals surface area contributed by atoms with Gasteiger partial charge in [-0.2, -0.15) is 0 Å². The summed E-state index contributed by atoms with van der Waals surface area (Å²) in [5.41, 5.74) is 5.51. The molecule has 0 saturated heterocycles. The lowest BCUT2D eigenvalue weighted by Gasteiger charge is -2.09. The number of aryl methyl sites for hydroxylation is 3. The van der Waals surface area contributed by atoms with Gasteiger partial charge < -0.3 is 10.6 Å². The normalized spacial score (nSPS) is 12.6. The Morgan fingerprint density at radius 2 is 1.84 bits per heavy atom. The van der Waals surface area contributed by atoms with Gasteiger partial charge in [-0.05, 0) is 66.6 Å². The first-order chi connectivity index (χ1) is 12.0. The Labute approximate surface area is 156 Å². The van der Waals surface area contributed by atoms with Gasteiger partial charge in [0.2, 0.25) is 11.8 Å². The van der Waals surface area contributed by atoms with Crippen molar-refractivity contribution < 1.29 is 9.59 Å². The maximum absolute atomic E-state index is 12.1. The van der Waals surface area contributed by atoms with Crippen LogP contribution in [0.15, 0.2) is 40.9 Å². The van der Waals surface area contributed by atoms with Crippen LogP contribution in [-0.4, -0.2) is 18.4 Å². The van der Waals surface area contributed by atoms with Crippen molar-refractivity contribution >= 4 is 33.4 Å². The number of halogens is 1. The number of hydrogen-bond donors (Lipinski definition) is 2. The molecule has 0 bridgehead atoms. The number of benzene rings is 2. The highest BCUT2D eigenvalue weighted by atomic mass is 79.9. The first-order valence-corrected chi connectivity index (χ1v) is 9.24. The lowest BCUT2D eigenvalue weighted by Crippen LogP contribution is -2.33. The summed E-state index contributed by atoms with van der Waals surface area (Å²) in [5, 5.41) is 5.47. The lowest BCUT2D eigenvalue weighted by atomic mass is 10.0. The Morgan fingerprint density at radius 1 is 1.04 bits per heavy atom. The Morgan fingerprint density at radius 3 is 2.64 bits per heavy atom. The van der Waals surface area contributed by atoms with Gasteiger partial charge in [0.05, 0.1) is 13.0 Å². The van der Waals surface area contributed by atoms with Crippen molar-refractivity contribution in [3.05, 3.63) is 63.1 Å². The van der Waals surface area contributed by atoms with E-state index in [1.165, 1.54) is 17.5 Å². The van der Waals surface area contributed by atoms with Gasteiger partial charge in [-0.25, -0.2) is 0 Å². The average Bonchev–Trinajstić information content (AvgIpc) is 3.04. The molecule has 2 aromatic carbocycles. The van der Waals surface area contributed by atoms with Crippen molar-refractivity contribution in [2.45, 2.75) is 32.6 Å². The van der Waals surface area contributed by atoms with E-state index in [1.54, 1.807) is 0 Å². The molecule has 0 radical (unpaired) electrons. The second-order valence-electron chi connectivity index (χ2n) is 6.42. The van der Waals surface area contributed by atoms with Gasteiger partial charge in [0.25, 0.3) is 0 Å². The van der Waals surface area contributed by atoms with Gasteiger partial charge in [-0.15, -0.1) is 0 Å². The number of carbonyl (C=O) groups is 2. The molecule has 4 nitrogen and oxygen atoms in total. The third-order valence-electron chi connectivity index (χ3n) is 4.42. The maximum atomic E-state index is 12.1. The van der Waals surface area contributed by atoms with E-state index in [9.17, 15) is 9.59 Å². The van der Waals surface area contributed by atoms with E-state index in [4.69, 9.17) is 0 Å². The van der Waals surface area contributed by atoms with Crippen molar-refractivity contribution in [1.29, 1.82) is 0 Å². The highest BCUT2D eigenvalue weighted by Crippen LogP contribution is 2.23. The largest absolute Gasteiger partial charge is 0.347 e. The molecule has 0 aromatic heterocycles. The summed E-state index contributed by atoms with van der Waals surface area (Å²) in [5.74, 6) is -0.371.